The molecule has 18 heavy (non-hydrogen) atoms. The van der Waals surface area contributed by atoms with Gasteiger partial charge in [0.25, 0.3) is 0 Å². The molecule has 92 valence electrons. The van der Waals surface area contributed by atoms with Gasteiger partial charge in [-0.2, -0.15) is 0 Å². The molecule has 0 atom stereocenters. The molecule has 2 N–H and O–H groups in total. The van der Waals surface area contributed by atoms with Crippen molar-refractivity contribution in [2.75, 3.05) is 5.73 Å². The molecule has 2 aromatic carbocycles. The standard InChI is InChI=1S/C14H11BrFNO/c15-11-6-10(7-13(17)8-11)14(18)5-9-1-3-12(16)4-2-9/h1-4,6-8H,5,17H2. The Bertz CT molecular complexity index is 561. The topological polar surface area (TPSA) is 43.1 Å². The third-order valence-corrected chi connectivity index (χ3v) is 2.98. The number of ketones is 1. The molecular formula is C14H11BrFNO. The molecule has 2 nitrogen and oxygen atoms in total. The molecule has 0 aliphatic carbocycles. The number of hydrogen-bond donors (Lipinski definition) is 1. The number of rotatable bonds is 3. The Balaban J connectivity index is 2.19. The summed E-state index contributed by atoms with van der Waals surface area (Å²) in [5.74, 6) is -0.354. The number of nitrogens with two attached hydrogens (primary N) is 1. The lowest BCUT2D eigenvalue weighted by Crippen LogP contribution is -2.04. The fraction of sp³-hybridized carbons (Fsp3) is 0.0714. The van der Waals surface area contributed by atoms with Crippen LogP contribution in [0.4, 0.5) is 10.1 Å². The lowest BCUT2D eigenvalue weighted by molar-refractivity contribution is 0.0993. The molecule has 0 saturated carbocycles. The van der Waals surface area contributed by atoms with Crippen LogP contribution in [-0.4, -0.2) is 5.78 Å². The van der Waals surface area contributed by atoms with Crippen LogP contribution < -0.4 is 5.73 Å². The number of carbonyl (C=O) groups is 1. The first-order valence-electron chi connectivity index (χ1n) is 5.38. The van der Waals surface area contributed by atoms with E-state index in [0.29, 0.717) is 11.3 Å². The van der Waals surface area contributed by atoms with E-state index in [-0.39, 0.29) is 18.0 Å². The largest absolute Gasteiger partial charge is 0.399 e. The second kappa shape index (κ2) is 5.31. The molecule has 0 radical (unpaired) electrons. The molecule has 0 amide bonds. The van der Waals surface area contributed by atoms with Crippen molar-refractivity contribution >= 4 is 27.4 Å². The van der Waals surface area contributed by atoms with E-state index in [9.17, 15) is 9.18 Å². The van der Waals surface area contributed by atoms with Crippen LogP contribution in [0.15, 0.2) is 46.9 Å². The summed E-state index contributed by atoms with van der Waals surface area (Å²) >= 11 is 3.29. The number of benzene rings is 2. The molecule has 0 unspecified atom stereocenters. The van der Waals surface area contributed by atoms with Gasteiger partial charge in [0, 0.05) is 22.1 Å². The van der Waals surface area contributed by atoms with Crippen LogP contribution in [0.2, 0.25) is 0 Å². The summed E-state index contributed by atoms with van der Waals surface area (Å²) in [5.41, 5.74) is 7.54. The minimum Gasteiger partial charge on any atom is -0.399 e. The third-order valence-electron chi connectivity index (χ3n) is 2.52. The van der Waals surface area contributed by atoms with Crippen LogP contribution in [0.1, 0.15) is 15.9 Å². The van der Waals surface area contributed by atoms with Crippen molar-refractivity contribution < 1.29 is 9.18 Å². The Morgan fingerprint density at radius 2 is 1.83 bits per heavy atom. The number of hydrogen-bond acceptors (Lipinski definition) is 2. The summed E-state index contributed by atoms with van der Waals surface area (Å²) in [6.45, 7) is 0. The lowest BCUT2D eigenvalue weighted by atomic mass is 10.0. The van der Waals surface area contributed by atoms with Gasteiger partial charge in [0.1, 0.15) is 5.82 Å². The monoisotopic (exact) mass is 307 g/mol. The van der Waals surface area contributed by atoms with E-state index in [1.54, 1.807) is 30.3 Å². The molecule has 0 fully saturated rings. The number of nitrogen functional groups attached to an aromatic ring is 1. The van der Waals surface area contributed by atoms with Crippen LogP contribution in [0.3, 0.4) is 0 Å². The fourth-order valence-electron chi connectivity index (χ4n) is 1.66. The van der Waals surface area contributed by atoms with Gasteiger partial charge in [-0.3, -0.25) is 4.79 Å². The van der Waals surface area contributed by atoms with E-state index in [1.807, 2.05) is 0 Å². The Hall–Kier alpha value is -1.68. The van der Waals surface area contributed by atoms with Crippen molar-refractivity contribution in [2.45, 2.75) is 6.42 Å². The maximum Gasteiger partial charge on any atom is 0.167 e. The van der Waals surface area contributed by atoms with Crippen LogP contribution in [-0.2, 0) is 6.42 Å². The molecular weight excluding hydrogens is 297 g/mol. The Morgan fingerprint density at radius 1 is 1.17 bits per heavy atom. The van der Waals surface area contributed by atoms with Crippen molar-refractivity contribution in [1.29, 1.82) is 0 Å². The van der Waals surface area contributed by atoms with Gasteiger partial charge >= 0.3 is 0 Å². The van der Waals surface area contributed by atoms with Gasteiger partial charge in [0.2, 0.25) is 0 Å². The molecule has 0 aliphatic rings. The van der Waals surface area contributed by atoms with Crippen molar-refractivity contribution in [1.82, 2.24) is 0 Å². The molecule has 0 aromatic heterocycles. The minimum absolute atomic E-state index is 0.0467. The first-order chi connectivity index (χ1) is 8.54. The van der Waals surface area contributed by atoms with Crippen molar-refractivity contribution in [2.24, 2.45) is 0 Å². The zero-order valence-corrected chi connectivity index (χ0v) is 11.1. The molecule has 0 heterocycles. The predicted octanol–water partition coefficient (Wildman–Crippen LogP) is 3.60. The van der Waals surface area contributed by atoms with Gasteiger partial charge in [-0.05, 0) is 35.9 Å². The second-order valence-corrected chi connectivity index (χ2v) is 4.92. The van der Waals surface area contributed by atoms with Gasteiger partial charge in [0.05, 0.1) is 0 Å². The lowest BCUT2D eigenvalue weighted by Gasteiger charge is -2.04. The zero-order chi connectivity index (χ0) is 13.1. The van der Waals surface area contributed by atoms with Gasteiger partial charge in [-0.15, -0.1) is 0 Å². The maximum absolute atomic E-state index is 12.7. The quantitative estimate of drug-likeness (QED) is 0.695. The SMILES string of the molecule is Nc1cc(Br)cc(C(=O)Cc2ccc(F)cc2)c1. The van der Waals surface area contributed by atoms with Gasteiger partial charge < -0.3 is 5.73 Å². The highest BCUT2D eigenvalue weighted by molar-refractivity contribution is 9.10. The summed E-state index contributed by atoms with van der Waals surface area (Å²) in [4.78, 5) is 12.0. The molecule has 4 heteroatoms. The number of anilines is 1. The first kappa shape index (κ1) is 12.8. The fourth-order valence-corrected chi connectivity index (χ4v) is 2.17. The summed E-state index contributed by atoms with van der Waals surface area (Å²) in [6.07, 6.45) is 0.232. The Labute approximate surface area is 113 Å². The van der Waals surface area contributed by atoms with Crippen LogP contribution in [0, 0.1) is 5.82 Å². The Kier molecular flexibility index (Phi) is 3.77. The van der Waals surface area contributed by atoms with E-state index in [2.05, 4.69) is 15.9 Å². The Morgan fingerprint density at radius 3 is 2.44 bits per heavy atom. The van der Waals surface area contributed by atoms with Crippen LogP contribution >= 0.6 is 15.9 Å². The first-order valence-corrected chi connectivity index (χ1v) is 6.17. The highest BCUT2D eigenvalue weighted by Crippen LogP contribution is 2.19. The van der Waals surface area contributed by atoms with E-state index in [4.69, 9.17) is 5.73 Å². The zero-order valence-electron chi connectivity index (χ0n) is 9.49. The predicted molar refractivity (Wildman–Crippen MR) is 73.0 cm³/mol. The van der Waals surface area contributed by atoms with E-state index < -0.39 is 0 Å². The molecule has 0 bridgehead atoms. The van der Waals surface area contributed by atoms with Gasteiger partial charge in [0.15, 0.2) is 5.78 Å². The smallest absolute Gasteiger partial charge is 0.167 e. The molecule has 0 saturated heterocycles. The summed E-state index contributed by atoms with van der Waals surface area (Å²) in [6, 6.07) is 11.0. The average molecular weight is 308 g/mol. The summed E-state index contributed by atoms with van der Waals surface area (Å²) < 4.78 is 13.5. The molecule has 2 rings (SSSR count). The molecule has 2 aromatic rings. The third kappa shape index (κ3) is 3.17. The normalized spacial score (nSPS) is 10.3. The maximum atomic E-state index is 12.7. The number of Topliss-reactive ketones (excluding diaryl/α,β-unsaturated/α-hetero) is 1. The minimum atomic E-state index is -0.308. The second-order valence-electron chi connectivity index (χ2n) is 4.00. The number of carbonyl (C=O) groups excluding carboxylic acids is 1. The van der Waals surface area contributed by atoms with Gasteiger partial charge in [-0.1, -0.05) is 28.1 Å². The highest BCUT2D eigenvalue weighted by atomic mass is 79.9. The van der Waals surface area contributed by atoms with Crippen molar-refractivity contribution in [3.8, 4) is 0 Å². The van der Waals surface area contributed by atoms with Gasteiger partial charge in [-0.25, -0.2) is 4.39 Å². The number of halogens is 2. The van der Waals surface area contributed by atoms with Crippen LogP contribution in [0.5, 0.6) is 0 Å². The summed E-state index contributed by atoms with van der Waals surface area (Å²) in [7, 11) is 0. The van der Waals surface area contributed by atoms with Crippen molar-refractivity contribution in [3.63, 3.8) is 0 Å². The van der Waals surface area contributed by atoms with E-state index >= 15 is 0 Å². The highest BCUT2D eigenvalue weighted by Gasteiger charge is 2.08. The van der Waals surface area contributed by atoms with Crippen molar-refractivity contribution in [3.05, 3.63) is 63.9 Å². The van der Waals surface area contributed by atoms with E-state index in [1.165, 1.54) is 12.1 Å². The van der Waals surface area contributed by atoms with E-state index in [0.717, 1.165) is 10.0 Å². The molecule has 0 spiro atoms. The average Bonchev–Trinajstić information content (AvgIpc) is 2.31. The molecule has 0 aliphatic heterocycles. The summed E-state index contributed by atoms with van der Waals surface area (Å²) in [5, 5.41) is 0. The van der Waals surface area contributed by atoms with Crippen LogP contribution in [0.25, 0.3) is 0 Å².